The Balaban J connectivity index is 1.44. The van der Waals surface area contributed by atoms with Crippen LogP contribution in [0, 0.1) is 5.82 Å². The second-order valence-corrected chi connectivity index (χ2v) is 5.99. The number of rotatable bonds is 5. The van der Waals surface area contributed by atoms with Gasteiger partial charge in [-0.15, -0.1) is 10.2 Å². The van der Waals surface area contributed by atoms with Gasteiger partial charge in [0.25, 0.3) is 0 Å². The van der Waals surface area contributed by atoms with Crippen molar-refractivity contribution in [1.82, 2.24) is 25.1 Å². The molecule has 0 unspecified atom stereocenters. The summed E-state index contributed by atoms with van der Waals surface area (Å²) in [4.78, 5) is 12.0. The first-order valence-electron chi connectivity index (χ1n) is 8.51. The van der Waals surface area contributed by atoms with Crippen LogP contribution in [0.15, 0.2) is 60.8 Å². The summed E-state index contributed by atoms with van der Waals surface area (Å²) in [5, 5.41) is 17.2. The summed E-state index contributed by atoms with van der Waals surface area (Å²) in [6, 6.07) is 14.3. The fraction of sp³-hybridized carbons (Fsp3) is 0.100. The van der Waals surface area contributed by atoms with Crippen molar-refractivity contribution >= 4 is 28.4 Å². The number of amides is 1. The molecule has 2 heterocycles. The molecule has 4 rings (SSSR count). The molecule has 0 bridgehead atoms. The van der Waals surface area contributed by atoms with Crippen LogP contribution in [0.2, 0.25) is 0 Å². The summed E-state index contributed by atoms with van der Waals surface area (Å²) >= 11 is 0. The molecule has 134 valence electrons. The number of carbonyl (C=O) groups is 1. The third kappa shape index (κ3) is 3.52. The molecule has 0 saturated heterocycles. The van der Waals surface area contributed by atoms with Gasteiger partial charge in [-0.25, -0.2) is 4.39 Å². The summed E-state index contributed by atoms with van der Waals surface area (Å²) in [5.74, 6) is -0.0978. The lowest BCUT2D eigenvalue weighted by Gasteiger charge is -2.03. The van der Waals surface area contributed by atoms with Gasteiger partial charge >= 0.3 is 0 Å². The molecule has 7 heteroatoms. The first kappa shape index (κ1) is 16.8. The second kappa shape index (κ2) is 7.33. The topological polar surface area (TPSA) is 72.2 Å². The highest BCUT2D eigenvalue weighted by atomic mass is 19.1. The molecule has 0 fully saturated rings. The average molecular weight is 361 g/mol. The SMILES string of the molecule is O=C(/C=C/c1nnc2c3ccccc3cnn12)NCCc1ccccc1F. The Morgan fingerprint density at radius 1 is 1.11 bits per heavy atom. The Labute approximate surface area is 154 Å². The number of carbonyl (C=O) groups excluding carboxylic acids is 1. The molecule has 2 aromatic heterocycles. The average Bonchev–Trinajstić information content (AvgIpc) is 3.11. The van der Waals surface area contributed by atoms with Gasteiger partial charge in [0, 0.05) is 23.4 Å². The van der Waals surface area contributed by atoms with Crippen molar-refractivity contribution in [2.75, 3.05) is 6.54 Å². The molecule has 0 spiro atoms. The standard InChI is InChI=1S/C20H16FN5O/c21-17-8-4-2-5-14(17)11-12-22-19(27)10-9-18-24-25-20-16-7-3-1-6-15(16)13-23-26(18)20/h1-10,13H,11-12H2,(H,22,27)/b10-9+. The van der Waals surface area contributed by atoms with E-state index in [0.29, 0.717) is 30.0 Å². The van der Waals surface area contributed by atoms with E-state index in [1.165, 1.54) is 12.1 Å². The van der Waals surface area contributed by atoms with E-state index in [1.54, 1.807) is 35.0 Å². The summed E-state index contributed by atoms with van der Waals surface area (Å²) < 4.78 is 15.1. The molecular weight excluding hydrogens is 345 g/mol. The van der Waals surface area contributed by atoms with Crippen molar-refractivity contribution in [3.8, 4) is 0 Å². The summed E-state index contributed by atoms with van der Waals surface area (Å²) in [7, 11) is 0. The lowest BCUT2D eigenvalue weighted by atomic mass is 10.1. The van der Waals surface area contributed by atoms with Crippen molar-refractivity contribution in [2.24, 2.45) is 0 Å². The zero-order valence-corrected chi connectivity index (χ0v) is 14.3. The number of fused-ring (bicyclic) bond motifs is 3. The first-order valence-corrected chi connectivity index (χ1v) is 8.51. The lowest BCUT2D eigenvalue weighted by molar-refractivity contribution is -0.116. The maximum atomic E-state index is 13.6. The summed E-state index contributed by atoms with van der Waals surface area (Å²) in [6.45, 7) is 0.341. The van der Waals surface area contributed by atoms with Crippen LogP contribution in [0.25, 0.3) is 22.5 Å². The Morgan fingerprint density at radius 2 is 1.93 bits per heavy atom. The predicted octanol–water partition coefficient (Wildman–Crippen LogP) is 2.79. The van der Waals surface area contributed by atoms with Crippen molar-refractivity contribution in [2.45, 2.75) is 6.42 Å². The molecule has 0 atom stereocenters. The molecule has 2 aromatic carbocycles. The van der Waals surface area contributed by atoms with Crippen LogP contribution in [-0.4, -0.2) is 32.3 Å². The van der Waals surface area contributed by atoms with Crippen LogP contribution in [0.5, 0.6) is 0 Å². The molecule has 0 aliphatic rings. The largest absolute Gasteiger partial charge is 0.352 e. The molecule has 0 aliphatic carbocycles. The number of hydrogen-bond acceptors (Lipinski definition) is 4. The molecule has 1 amide bonds. The number of benzene rings is 2. The monoisotopic (exact) mass is 361 g/mol. The lowest BCUT2D eigenvalue weighted by Crippen LogP contribution is -2.23. The van der Waals surface area contributed by atoms with Crippen LogP contribution in [0.1, 0.15) is 11.4 Å². The fourth-order valence-corrected chi connectivity index (χ4v) is 2.84. The highest BCUT2D eigenvalue weighted by Gasteiger charge is 2.08. The highest BCUT2D eigenvalue weighted by molar-refractivity contribution is 5.94. The van der Waals surface area contributed by atoms with E-state index in [2.05, 4.69) is 20.6 Å². The van der Waals surface area contributed by atoms with Gasteiger partial charge in [-0.3, -0.25) is 4.79 Å². The van der Waals surface area contributed by atoms with Crippen LogP contribution in [-0.2, 0) is 11.2 Å². The van der Waals surface area contributed by atoms with E-state index in [-0.39, 0.29) is 11.7 Å². The highest BCUT2D eigenvalue weighted by Crippen LogP contribution is 2.17. The maximum absolute atomic E-state index is 13.6. The summed E-state index contributed by atoms with van der Waals surface area (Å²) in [5.41, 5.74) is 1.20. The van der Waals surface area contributed by atoms with Gasteiger partial charge in [-0.05, 0) is 24.1 Å². The Morgan fingerprint density at radius 3 is 2.81 bits per heavy atom. The maximum Gasteiger partial charge on any atom is 0.244 e. The van der Waals surface area contributed by atoms with Gasteiger partial charge in [0.2, 0.25) is 5.91 Å². The van der Waals surface area contributed by atoms with E-state index in [4.69, 9.17) is 0 Å². The smallest absolute Gasteiger partial charge is 0.244 e. The number of nitrogens with zero attached hydrogens (tertiary/aromatic N) is 4. The predicted molar refractivity (Wildman–Crippen MR) is 100 cm³/mol. The second-order valence-electron chi connectivity index (χ2n) is 5.99. The normalized spacial score (nSPS) is 11.4. The van der Waals surface area contributed by atoms with Crippen LogP contribution in [0.4, 0.5) is 4.39 Å². The van der Waals surface area contributed by atoms with Gasteiger partial charge in [-0.1, -0.05) is 42.5 Å². The molecule has 4 aromatic rings. The minimum atomic E-state index is -0.288. The number of aromatic nitrogens is 4. The summed E-state index contributed by atoms with van der Waals surface area (Å²) in [6.07, 6.45) is 5.08. The van der Waals surface area contributed by atoms with E-state index >= 15 is 0 Å². The van der Waals surface area contributed by atoms with Gasteiger partial charge < -0.3 is 5.32 Å². The van der Waals surface area contributed by atoms with Gasteiger partial charge in [0.15, 0.2) is 11.5 Å². The van der Waals surface area contributed by atoms with E-state index in [0.717, 1.165) is 10.8 Å². The molecule has 27 heavy (non-hydrogen) atoms. The molecule has 1 N–H and O–H groups in total. The third-order valence-corrected chi connectivity index (χ3v) is 4.21. The van der Waals surface area contributed by atoms with E-state index in [1.807, 2.05) is 24.3 Å². The molecular formula is C20H16FN5O. The zero-order valence-electron chi connectivity index (χ0n) is 14.3. The van der Waals surface area contributed by atoms with Gasteiger partial charge in [0.05, 0.1) is 6.20 Å². The fourth-order valence-electron chi connectivity index (χ4n) is 2.84. The van der Waals surface area contributed by atoms with Crippen LogP contribution < -0.4 is 5.32 Å². The van der Waals surface area contributed by atoms with Crippen molar-refractivity contribution in [3.05, 3.63) is 78.0 Å². The van der Waals surface area contributed by atoms with Crippen LogP contribution >= 0.6 is 0 Å². The van der Waals surface area contributed by atoms with Gasteiger partial charge in [-0.2, -0.15) is 9.61 Å². The quantitative estimate of drug-likeness (QED) is 0.555. The van der Waals surface area contributed by atoms with Crippen molar-refractivity contribution < 1.29 is 9.18 Å². The minimum Gasteiger partial charge on any atom is -0.352 e. The molecule has 0 saturated carbocycles. The Hall–Kier alpha value is -3.61. The first-order chi connectivity index (χ1) is 13.2. The van der Waals surface area contributed by atoms with Gasteiger partial charge in [0.1, 0.15) is 5.82 Å². The van der Waals surface area contributed by atoms with E-state index < -0.39 is 0 Å². The minimum absolute atomic E-state index is 0.268. The number of hydrogen-bond donors (Lipinski definition) is 1. The molecule has 6 nitrogen and oxygen atoms in total. The molecule has 0 aliphatic heterocycles. The van der Waals surface area contributed by atoms with Crippen molar-refractivity contribution in [1.29, 1.82) is 0 Å². The zero-order chi connectivity index (χ0) is 18.6. The Kier molecular flexibility index (Phi) is 4.57. The third-order valence-electron chi connectivity index (χ3n) is 4.21. The Bertz CT molecular complexity index is 1150. The number of nitrogens with one attached hydrogen (secondary N) is 1. The van der Waals surface area contributed by atoms with Crippen molar-refractivity contribution in [3.63, 3.8) is 0 Å². The molecule has 0 radical (unpaired) electrons. The number of halogens is 1. The van der Waals surface area contributed by atoms with Crippen LogP contribution in [0.3, 0.4) is 0 Å². The van der Waals surface area contributed by atoms with E-state index in [9.17, 15) is 9.18 Å².